The van der Waals surface area contributed by atoms with E-state index in [0.29, 0.717) is 11.3 Å². The summed E-state index contributed by atoms with van der Waals surface area (Å²) in [4.78, 5) is 0.174. The Morgan fingerprint density at radius 2 is 2.05 bits per heavy atom. The fraction of sp³-hybridized carbons (Fsp3) is 0.286. The first-order valence-electron chi connectivity index (χ1n) is 6.14. The molecule has 2 aromatic rings. The molecule has 5 nitrogen and oxygen atoms in total. The molecule has 0 amide bonds. The number of benzene rings is 1. The lowest BCUT2D eigenvalue weighted by molar-refractivity contribution is 0.281. The summed E-state index contributed by atoms with van der Waals surface area (Å²) in [6.07, 6.45) is 1.54. The van der Waals surface area contributed by atoms with Crippen molar-refractivity contribution in [1.82, 2.24) is 4.31 Å². The SMILES string of the molecule is Cc1occc1CN(C)S(=O)(=O)c1cccc(CO)c1. The average molecular weight is 295 g/mol. The minimum Gasteiger partial charge on any atom is -0.469 e. The van der Waals surface area contributed by atoms with Gasteiger partial charge in [-0.05, 0) is 30.7 Å². The maximum absolute atomic E-state index is 12.5. The highest BCUT2D eigenvalue weighted by Gasteiger charge is 2.22. The fourth-order valence-corrected chi connectivity index (χ4v) is 3.10. The minimum atomic E-state index is -3.58. The van der Waals surface area contributed by atoms with E-state index in [1.54, 1.807) is 25.1 Å². The van der Waals surface area contributed by atoms with Gasteiger partial charge in [0.25, 0.3) is 0 Å². The molecule has 0 aliphatic carbocycles. The van der Waals surface area contributed by atoms with Crippen molar-refractivity contribution in [3.05, 3.63) is 53.5 Å². The second kappa shape index (κ2) is 5.78. The largest absolute Gasteiger partial charge is 0.469 e. The molecular weight excluding hydrogens is 278 g/mol. The molecule has 0 aliphatic rings. The zero-order chi connectivity index (χ0) is 14.8. The number of aliphatic hydroxyl groups is 1. The van der Waals surface area contributed by atoms with E-state index in [0.717, 1.165) is 5.56 Å². The molecule has 0 bridgehead atoms. The highest BCUT2D eigenvalue weighted by Crippen LogP contribution is 2.19. The normalized spacial score (nSPS) is 12.0. The number of aliphatic hydroxyl groups excluding tert-OH is 1. The molecule has 2 rings (SSSR count). The van der Waals surface area contributed by atoms with Crippen molar-refractivity contribution in [2.75, 3.05) is 7.05 Å². The zero-order valence-corrected chi connectivity index (χ0v) is 12.2. The average Bonchev–Trinajstić information content (AvgIpc) is 2.84. The summed E-state index contributed by atoms with van der Waals surface area (Å²) in [6.45, 7) is 1.85. The molecule has 108 valence electrons. The van der Waals surface area contributed by atoms with Gasteiger partial charge in [-0.25, -0.2) is 8.42 Å². The van der Waals surface area contributed by atoms with Crippen LogP contribution in [-0.4, -0.2) is 24.9 Å². The number of hydrogen-bond donors (Lipinski definition) is 1. The van der Waals surface area contributed by atoms with Crippen LogP contribution in [0.5, 0.6) is 0 Å². The Labute approximate surface area is 118 Å². The zero-order valence-electron chi connectivity index (χ0n) is 11.4. The standard InChI is InChI=1S/C14H17NO4S/c1-11-13(6-7-19-11)9-15(2)20(17,18)14-5-3-4-12(8-14)10-16/h3-8,16H,9-10H2,1-2H3. The molecule has 1 aromatic carbocycles. The van der Waals surface area contributed by atoms with Gasteiger partial charge in [0.05, 0.1) is 17.8 Å². The Morgan fingerprint density at radius 3 is 2.65 bits per heavy atom. The molecule has 0 atom stereocenters. The molecular formula is C14H17NO4S. The third kappa shape index (κ3) is 2.92. The van der Waals surface area contributed by atoms with Gasteiger partial charge in [0.1, 0.15) is 5.76 Å². The van der Waals surface area contributed by atoms with Crippen molar-refractivity contribution in [1.29, 1.82) is 0 Å². The molecule has 0 saturated heterocycles. The molecule has 20 heavy (non-hydrogen) atoms. The first kappa shape index (κ1) is 14.8. The van der Waals surface area contributed by atoms with Gasteiger partial charge in [0.15, 0.2) is 0 Å². The van der Waals surface area contributed by atoms with E-state index < -0.39 is 10.0 Å². The van der Waals surface area contributed by atoms with E-state index in [1.165, 1.54) is 29.7 Å². The van der Waals surface area contributed by atoms with Gasteiger partial charge in [-0.1, -0.05) is 12.1 Å². The van der Waals surface area contributed by atoms with Gasteiger partial charge in [0.2, 0.25) is 10.0 Å². The van der Waals surface area contributed by atoms with Gasteiger partial charge in [-0.3, -0.25) is 0 Å². The summed E-state index contributed by atoms with van der Waals surface area (Å²) in [7, 11) is -2.06. The van der Waals surface area contributed by atoms with Crippen LogP contribution in [0.3, 0.4) is 0 Å². The van der Waals surface area contributed by atoms with E-state index in [9.17, 15) is 8.42 Å². The van der Waals surface area contributed by atoms with Crippen LogP contribution >= 0.6 is 0 Å². The fourth-order valence-electron chi connectivity index (χ4n) is 1.88. The quantitative estimate of drug-likeness (QED) is 0.914. The summed E-state index contributed by atoms with van der Waals surface area (Å²) in [5.41, 5.74) is 1.40. The Hall–Kier alpha value is -1.63. The molecule has 0 fully saturated rings. The van der Waals surface area contributed by atoms with Crippen LogP contribution in [-0.2, 0) is 23.2 Å². The van der Waals surface area contributed by atoms with Gasteiger partial charge in [-0.2, -0.15) is 4.31 Å². The molecule has 1 heterocycles. The van der Waals surface area contributed by atoms with E-state index in [2.05, 4.69) is 0 Å². The van der Waals surface area contributed by atoms with E-state index in [1.807, 2.05) is 0 Å². The molecule has 1 aromatic heterocycles. The first-order valence-corrected chi connectivity index (χ1v) is 7.58. The lowest BCUT2D eigenvalue weighted by atomic mass is 10.2. The summed E-state index contributed by atoms with van der Waals surface area (Å²) < 4.78 is 31.3. The second-order valence-corrected chi connectivity index (χ2v) is 6.61. The number of rotatable bonds is 5. The second-order valence-electron chi connectivity index (χ2n) is 4.57. The maximum Gasteiger partial charge on any atom is 0.243 e. The molecule has 6 heteroatoms. The Balaban J connectivity index is 2.27. The Bertz CT molecular complexity index is 691. The van der Waals surface area contributed by atoms with Crippen LogP contribution in [0.2, 0.25) is 0 Å². The molecule has 0 saturated carbocycles. The molecule has 0 radical (unpaired) electrons. The number of nitrogens with zero attached hydrogens (tertiary/aromatic N) is 1. The highest BCUT2D eigenvalue weighted by atomic mass is 32.2. The number of aryl methyl sites for hydroxylation is 1. The third-order valence-electron chi connectivity index (χ3n) is 3.15. The molecule has 0 aliphatic heterocycles. The Kier molecular flexibility index (Phi) is 4.27. The summed E-state index contributed by atoms with van der Waals surface area (Å²) in [6, 6.07) is 8.06. The predicted molar refractivity (Wildman–Crippen MR) is 74.5 cm³/mol. The first-order chi connectivity index (χ1) is 9.45. The van der Waals surface area contributed by atoms with E-state index >= 15 is 0 Å². The van der Waals surface area contributed by atoms with Crippen LogP contribution in [0, 0.1) is 6.92 Å². The van der Waals surface area contributed by atoms with Crippen molar-refractivity contribution in [3.63, 3.8) is 0 Å². The lowest BCUT2D eigenvalue weighted by Crippen LogP contribution is -2.26. The summed E-state index contributed by atoms with van der Waals surface area (Å²) in [5.74, 6) is 0.705. The number of sulfonamides is 1. The molecule has 0 spiro atoms. The van der Waals surface area contributed by atoms with Gasteiger partial charge < -0.3 is 9.52 Å². The monoisotopic (exact) mass is 295 g/mol. The van der Waals surface area contributed by atoms with Crippen molar-refractivity contribution in [3.8, 4) is 0 Å². The molecule has 0 unspecified atom stereocenters. The van der Waals surface area contributed by atoms with Crippen molar-refractivity contribution in [2.45, 2.75) is 25.0 Å². The third-order valence-corrected chi connectivity index (χ3v) is 4.95. The number of hydrogen-bond acceptors (Lipinski definition) is 4. The van der Waals surface area contributed by atoms with Gasteiger partial charge >= 0.3 is 0 Å². The number of furan rings is 1. The predicted octanol–water partition coefficient (Wildman–Crippen LogP) is 1.90. The molecule has 1 N–H and O–H groups in total. The highest BCUT2D eigenvalue weighted by molar-refractivity contribution is 7.89. The topological polar surface area (TPSA) is 70.8 Å². The van der Waals surface area contributed by atoms with Crippen LogP contribution in [0.4, 0.5) is 0 Å². The summed E-state index contributed by atoms with van der Waals surface area (Å²) >= 11 is 0. The minimum absolute atomic E-state index is 0.174. The smallest absolute Gasteiger partial charge is 0.243 e. The van der Waals surface area contributed by atoms with Crippen molar-refractivity contribution < 1.29 is 17.9 Å². The van der Waals surface area contributed by atoms with Crippen molar-refractivity contribution >= 4 is 10.0 Å². The van der Waals surface area contributed by atoms with E-state index in [-0.39, 0.29) is 18.0 Å². The van der Waals surface area contributed by atoms with Gasteiger partial charge in [0, 0.05) is 19.2 Å². The Morgan fingerprint density at radius 1 is 1.30 bits per heavy atom. The van der Waals surface area contributed by atoms with E-state index in [4.69, 9.17) is 9.52 Å². The van der Waals surface area contributed by atoms with Crippen LogP contribution in [0.25, 0.3) is 0 Å². The van der Waals surface area contributed by atoms with Gasteiger partial charge in [-0.15, -0.1) is 0 Å². The van der Waals surface area contributed by atoms with Crippen LogP contribution < -0.4 is 0 Å². The lowest BCUT2D eigenvalue weighted by Gasteiger charge is -2.17. The van der Waals surface area contributed by atoms with Crippen LogP contribution in [0.1, 0.15) is 16.9 Å². The maximum atomic E-state index is 12.5. The van der Waals surface area contributed by atoms with Crippen LogP contribution in [0.15, 0.2) is 45.9 Å². The summed E-state index contributed by atoms with van der Waals surface area (Å²) in [5, 5.41) is 9.09. The van der Waals surface area contributed by atoms with Crippen molar-refractivity contribution in [2.24, 2.45) is 0 Å².